The van der Waals surface area contributed by atoms with Gasteiger partial charge in [0.2, 0.25) is 0 Å². The van der Waals surface area contributed by atoms with Gasteiger partial charge in [0.15, 0.2) is 5.69 Å². The lowest BCUT2D eigenvalue weighted by molar-refractivity contribution is 0.0263. The molecule has 178 valence electrons. The first-order valence-electron chi connectivity index (χ1n) is 12.3. The third kappa shape index (κ3) is 5.23. The summed E-state index contributed by atoms with van der Waals surface area (Å²) in [6, 6.07) is 9.36. The fourth-order valence-corrected chi connectivity index (χ4v) is 5.00. The predicted molar refractivity (Wildman–Crippen MR) is 128 cm³/mol. The molecule has 1 aliphatic heterocycles. The summed E-state index contributed by atoms with van der Waals surface area (Å²) >= 11 is 0. The van der Waals surface area contributed by atoms with Crippen molar-refractivity contribution in [3.63, 3.8) is 0 Å². The molecule has 0 bridgehead atoms. The summed E-state index contributed by atoms with van der Waals surface area (Å²) < 4.78 is 8.30. The van der Waals surface area contributed by atoms with Gasteiger partial charge in [-0.1, -0.05) is 31.4 Å². The normalized spacial score (nSPS) is 22.7. The van der Waals surface area contributed by atoms with Crippen molar-refractivity contribution < 1.29 is 14.3 Å². The lowest BCUT2D eigenvalue weighted by Gasteiger charge is -2.40. The van der Waals surface area contributed by atoms with E-state index in [1.165, 1.54) is 0 Å². The first-order valence-corrected chi connectivity index (χ1v) is 12.3. The lowest BCUT2D eigenvalue weighted by atomic mass is 9.90. The van der Waals surface area contributed by atoms with Gasteiger partial charge in [-0.3, -0.25) is 14.3 Å². The van der Waals surface area contributed by atoms with Gasteiger partial charge in [-0.2, -0.15) is 5.10 Å². The van der Waals surface area contributed by atoms with Crippen molar-refractivity contribution in [2.24, 2.45) is 7.05 Å². The molecule has 2 amide bonds. The molecule has 1 saturated carbocycles. The monoisotopic (exact) mass is 452 g/mol. The largest absolute Gasteiger partial charge is 0.487 e. The third-order valence-electron chi connectivity index (χ3n) is 7.05. The Balaban J connectivity index is 1.67. The Bertz CT molecular complexity index is 966. The van der Waals surface area contributed by atoms with E-state index < -0.39 is 0 Å². The van der Waals surface area contributed by atoms with E-state index in [1.54, 1.807) is 9.58 Å². The summed E-state index contributed by atoms with van der Waals surface area (Å²) in [6.45, 7) is 3.38. The van der Waals surface area contributed by atoms with Crippen LogP contribution in [0.2, 0.25) is 0 Å². The highest BCUT2D eigenvalue weighted by atomic mass is 16.5. The second-order valence-electron chi connectivity index (χ2n) is 9.44. The Morgan fingerprint density at radius 1 is 1.00 bits per heavy atom. The molecule has 7 nitrogen and oxygen atoms in total. The van der Waals surface area contributed by atoms with Crippen molar-refractivity contribution in [2.45, 2.75) is 70.4 Å². The smallest absolute Gasteiger partial charge is 0.274 e. The minimum Gasteiger partial charge on any atom is -0.487 e. The van der Waals surface area contributed by atoms with Crippen molar-refractivity contribution in [1.29, 1.82) is 0 Å². The van der Waals surface area contributed by atoms with Crippen LogP contribution in [0.15, 0.2) is 30.3 Å². The molecule has 0 N–H and O–H groups in total. The molecule has 1 aliphatic carbocycles. The fraction of sp³-hybridized carbons (Fsp3) is 0.577. The van der Waals surface area contributed by atoms with Crippen LogP contribution >= 0.6 is 0 Å². The molecule has 0 radical (unpaired) electrons. The second kappa shape index (κ2) is 10.4. The summed E-state index contributed by atoms with van der Waals surface area (Å²) in [7, 11) is 3.73. The van der Waals surface area contributed by atoms with Crippen LogP contribution in [0.25, 0.3) is 0 Å². The van der Waals surface area contributed by atoms with Crippen LogP contribution in [0, 0.1) is 6.92 Å². The average molecular weight is 453 g/mol. The van der Waals surface area contributed by atoms with E-state index in [0.29, 0.717) is 23.6 Å². The van der Waals surface area contributed by atoms with Gasteiger partial charge in [0.05, 0.1) is 11.6 Å². The maximum absolute atomic E-state index is 13.6. The van der Waals surface area contributed by atoms with Crippen LogP contribution < -0.4 is 4.74 Å². The number of aromatic nitrogens is 2. The van der Waals surface area contributed by atoms with E-state index in [0.717, 1.165) is 63.6 Å². The topological polar surface area (TPSA) is 67.7 Å². The summed E-state index contributed by atoms with van der Waals surface area (Å²) in [5.74, 6) is 0.590. The van der Waals surface area contributed by atoms with Crippen LogP contribution in [0.5, 0.6) is 5.75 Å². The minimum absolute atomic E-state index is 0.00749. The van der Waals surface area contributed by atoms with Gasteiger partial charge in [0.25, 0.3) is 11.8 Å². The molecule has 2 atom stereocenters. The lowest BCUT2D eigenvalue weighted by Crippen LogP contribution is -2.51. The van der Waals surface area contributed by atoms with E-state index in [4.69, 9.17) is 4.74 Å². The molecule has 0 unspecified atom stereocenters. The van der Waals surface area contributed by atoms with Gasteiger partial charge in [-0.25, -0.2) is 0 Å². The standard InChI is InChI=1S/C26H36N4O3/c1-19-18-21(27-29(19)3)26(32)30-17-11-5-4-10-16-28(2)25(31)20-12-6-8-14-23(20)33-24-15-9-7-13-22(24)30/h6,8,12,14,18,22,24H,4-5,7,9-11,13,15-17H2,1-3H3/t22-,24+/m1/s1. The second-order valence-corrected chi connectivity index (χ2v) is 9.44. The van der Waals surface area contributed by atoms with E-state index >= 15 is 0 Å². The summed E-state index contributed by atoms with van der Waals surface area (Å²) in [5, 5.41) is 4.47. The maximum atomic E-state index is 13.6. The van der Waals surface area contributed by atoms with Gasteiger partial charge >= 0.3 is 0 Å². The Hall–Kier alpha value is -2.83. The highest BCUT2D eigenvalue weighted by Crippen LogP contribution is 2.31. The minimum atomic E-state index is -0.144. The molecule has 0 saturated heterocycles. The Kier molecular flexibility index (Phi) is 7.36. The van der Waals surface area contributed by atoms with Gasteiger partial charge in [0.1, 0.15) is 11.9 Å². The molecular weight excluding hydrogens is 416 g/mol. The first kappa shape index (κ1) is 23.3. The Morgan fingerprint density at radius 2 is 1.73 bits per heavy atom. The molecule has 0 spiro atoms. The van der Waals surface area contributed by atoms with Gasteiger partial charge in [0, 0.05) is 32.9 Å². The van der Waals surface area contributed by atoms with E-state index in [1.807, 2.05) is 56.3 Å². The summed E-state index contributed by atoms with van der Waals surface area (Å²) in [4.78, 5) is 30.6. The number of carbonyl (C=O) groups excluding carboxylic acids is 2. The highest BCUT2D eigenvalue weighted by Gasteiger charge is 2.36. The molecule has 2 aromatic rings. The van der Waals surface area contributed by atoms with E-state index in [9.17, 15) is 9.59 Å². The van der Waals surface area contributed by atoms with Crippen molar-refractivity contribution in [1.82, 2.24) is 19.6 Å². The van der Waals surface area contributed by atoms with Crippen molar-refractivity contribution in [3.05, 3.63) is 47.3 Å². The van der Waals surface area contributed by atoms with Crippen LogP contribution in [-0.4, -0.2) is 63.7 Å². The number of fused-ring (bicyclic) bond motifs is 2. The number of hydrogen-bond acceptors (Lipinski definition) is 4. The van der Waals surface area contributed by atoms with Gasteiger partial charge in [-0.15, -0.1) is 0 Å². The maximum Gasteiger partial charge on any atom is 0.274 e. The zero-order chi connectivity index (χ0) is 23.4. The SMILES string of the molecule is Cc1cc(C(=O)N2CCCCCCN(C)C(=O)c3ccccc3O[C@H]3CCCC[C@H]32)nn1C. The summed E-state index contributed by atoms with van der Waals surface area (Å²) in [5.41, 5.74) is 2.06. The Labute approximate surface area is 196 Å². The molecule has 7 heteroatoms. The molecule has 1 aromatic heterocycles. The number of amides is 2. The van der Waals surface area contributed by atoms with Gasteiger partial charge < -0.3 is 14.5 Å². The average Bonchev–Trinajstić information content (AvgIpc) is 3.16. The number of hydrogen-bond donors (Lipinski definition) is 0. The summed E-state index contributed by atoms with van der Waals surface area (Å²) in [6.07, 6.45) is 7.71. The van der Waals surface area contributed by atoms with Crippen LogP contribution in [0.3, 0.4) is 0 Å². The van der Waals surface area contributed by atoms with E-state index in [-0.39, 0.29) is 24.0 Å². The molecule has 2 heterocycles. The quantitative estimate of drug-likeness (QED) is 0.650. The zero-order valence-corrected chi connectivity index (χ0v) is 20.1. The molecule has 33 heavy (non-hydrogen) atoms. The van der Waals surface area contributed by atoms with Crippen molar-refractivity contribution >= 4 is 11.8 Å². The number of para-hydroxylation sites is 1. The van der Waals surface area contributed by atoms with Crippen LogP contribution in [0.4, 0.5) is 0 Å². The van der Waals surface area contributed by atoms with Crippen molar-refractivity contribution in [2.75, 3.05) is 20.1 Å². The van der Waals surface area contributed by atoms with E-state index in [2.05, 4.69) is 5.10 Å². The fourth-order valence-electron chi connectivity index (χ4n) is 5.00. The van der Waals surface area contributed by atoms with Crippen molar-refractivity contribution in [3.8, 4) is 5.75 Å². The number of aryl methyl sites for hydroxylation is 2. The number of nitrogens with zero attached hydrogens (tertiary/aromatic N) is 4. The number of carbonyl (C=O) groups is 2. The van der Waals surface area contributed by atoms with Crippen LogP contribution in [-0.2, 0) is 7.05 Å². The molecule has 1 fully saturated rings. The van der Waals surface area contributed by atoms with Gasteiger partial charge in [-0.05, 0) is 57.2 Å². The zero-order valence-electron chi connectivity index (χ0n) is 20.1. The molecule has 4 rings (SSSR count). The Morgan fingerprint density at radius 3 is 2.48 bits per heavy atom. The number of benzene rings is 1. The number of rotatable bonds is 1. The first-order chi connectivity index (χ1) is 16.0. The molecule has 1 aromatic carbocycles. The molecule has 2 aliphatic rings. The highest BCUT2D eigenvalue weighted by molar-refractivity contribution is 5.96. The molecular formula is C26H36N4O3. The third-order valence-corrected chi connectivity index (χ3v) is 7.05. The number of ether oxygens (including phenoxy) is 1. The van der Waals surface area contributed by atoms with Crippen LogP contribution in [0.1, 0.15) is 77.9 Å². The predicted octanol–water partition coefficient (Wildman–Crippen LogP) is 4.21.